The number of aryl methyl sites for hydroxylation is 3. The van der Waals surface area contributed by atoms with E-state index in [1.54, 1.807) is 0 Å². The number of nitrogens with two attached hydrogens (primary N) is 1. The fourth-order valence-electron chi connectivity index (χ4n) is 2.25. The summed E-state index contributed by atoms with van der Waals surface area (Å²) in [5, 5.41) is 8.39. The lowest BCUT2D eigenvalue weighted by Crippen LogP contribution is -2.12. The molecule has 0 spiro atoms. The lowest BCUT2D eigenvalue weighted by Gasteiger charge is -2.12. The summed E-state index contributed by atoms with van der Waals surface area (Å²) in [5.74, 6) is 1.53. The Balaban J connectivity index is 2.13. The average molecular weight is 302 g/mol. The third-order valence-electron chi connectivity index (χ3n) is 3.74. The minimum Gasteiger partial charge on any atom is -0.487 e. The van der Waals surface area contributed by atoms with Crippen LogP contribution in [0.5, 0.6) is 5.75 Å². The highest BCUT2D eigenvalue weighted by molar-refractivity contribution is 5.36. The molecule has 0 unspecified atom stereocenters. The maximum absolute atomic E-state index is 6.00. The number of ether oxygens (including phenoxy) is 1. The van der Waals surface area contributed by atoms with Crippen LogP contribution < -0.4 is 10.5 Å². The first kappa shape index (κ1) is 16.5. The predicted octanol–water partition coefficient (Wildman–Crippen LogP) is 2.98. The number of benzene rings is 1. The molecule has 0 aliphatic carbocycles. The Morgan fingerprint density at radius 2 is 2.05 bits per heavy atom. The van der Waals surface area contributed by atoms with Crippen molar-refractivity contribution < 1.29 is 4.74 Å². The van der Waals surface area contributed by atoms with Gasteiger partial charge in [-0.2, -0.15) is 0 Å². The molecule has 1 aromatic heterocycles. The molecule has 2 rings (SSSR count). The van der Waals surface area contributed by atoms with Crippen molar-refractivity contribution in [2.24, 2.45) is 11.7 Å². The number of rotatable bonds is 7. The van der Waals surface area contributed by atoms with Crippen molar-refractivity contribution in [2.45, 2.75) is 53.8 Å². The van der Waals surface area contributed by atoms with E-state index in [4.69, 9.17) is 10.5 Å². The molecule has 1 aromatic carbocycles. The van der Waals surface area contributed by atoms with Gasteiger partial charge in [0.15, 0.2) is 0 Å². The van der Waals surface area contributed by atoms with Crippen molar-refractivity contribution >= 4 is 0 Å². The zero-order chi connectivity index (χ0) is 16.1. The molecule has 1 heterocycles. The minimum atomic E-state index is 0.382. The quantitative estimate of drug-likeness (QED) is 0.854. The molecular formula is C17H26N4O. The van der Waals surface area contributed by atoms with Crippen LogP contribution in [0.3, 0.4) is 0 Å². The molecule has 0 atom stereocenters. The van der Waals surface area contributed by atoms with Crippen LogP contribution in [0.25, 0.3) is 0 Å². The Kier molecular flexibility index (Phi) is 5.55. The molecule has 0 saturated carbocycles. The Morgan fingerprint density at radius 1 is 1.27 bits per heavy atom. The van der Waals surface area contributed by atoms with Gasteiger partial charge in [0.1, 0.15) is 23.7 Å². The van der Waals surface area contributed by atoms with Crippen LogP contribution in [0.15, 0.2) is 18.2 Å². The molecule has 2 N–H and O–H groups in total. The number of hydrogen-bond acceptors (Lipinski definition) is 4. The highest BCUT2D eigenvalue weighted by atomic mass is 16.5. The van der Waals surface area contributed by atoms with Crippen molar-refractivity contribution in [3.8, 4) is 5.75 Å². The zero-order valence-corrected chi connectivity index (χ0v) is 14.0. The van der Waals surface area contributed by atoms with E-state index in [0.717, 1.165) is 35.7 Å². The smallest absolute Gasteiger partial charge is 0.132 e. The van der Waals surface area contributed by atoms with Crippen LogP contribution in [0.1, 0.15) is 42.8 Å². The van der Waals surface area contributed by atoms with Gasteiger partial charge in [-0.05, 0) is 43.4 Å². The Labute approximate surface area is 132 Å². The third kappa shape index (κ3) is 4.07. The van der Waals surface area contributed by atoms with Crippen molar-refractivity contribution in [3.63, 3.8) is 0 Å². The number of nitrogens with zero attached hydrogens (tertiary/aromatic N) is 3. The fourth-order valence-corrected chi connectivity index (χ4v) is 2.25. The summed E-state index contributed by atoms with van der Waals surface area (Å²) in [5.41, 5.74) is 9.87. The molecular weight excluding hydrogens is 276 g/mol. The molecule has 0 aliphatic rings. The van der Waals surface area contributed by atoms with E-state index in [1.165, 1.54) is 5.56 Å². The van der Waals surface area contributed by atoms with Crippen molar-refractivity contribution in [1.29, 1.82) is 0 Å². The largest absolute Gasteiger partial charge is 0.487 e. The van der Waals surface area contributed by atoms with Crippen molar-refractivity contribution in [2.75, 3.05) is 0 Å². The normalized spacial score (nSPS) is 11.2. The summed E-state index contributed by atoms with van der Waals surface area (Å²) in [6.07, 6.45) is 1.06. The van der Waals surface area contributed by atoms with Crippen LogP contribution in [-0.4, -0.2) is 15.0 Å². The molecule has 5 heteroatoms. The third-order valence-corrected chi connectivity index (χ3v) is 3.74. The van der Waals surface area contributed by atoms with Crippen molar-refractivity contribution in [1.82, 2.24) is 15.0 Å². The second kappa shape index (κ2) is 7.40. The molecule has 0 saturated heterocycles. The minimum absolute atomic E-state index is 0.382. The second-order valence-electron chi connectivity index (χ2n) is 6.15. The Morgan fingerprint density at radius 3 is 2.73 bits per heavy atom. The van der Waals surface area contributed by atoms with Gasteiger partial charge in [-0.15, -0.1) is 5.10 Å². The molecule has 2 aromatic rings. The predicted molar refractivity (Wildman–Crippen MR) is 87.6 cm³/mol. The van der Waals surface area contributed by atoms with Gasteiger partial charge in [0.25, 0.3) is 0 Å². The van der Waals surface area contributed by atoms with Gasteiger partial charge in [0, 0.05) is 13.1 Å². The van der Waals surface area contributed by atoms with E-state index in [2.05, 4.69) is 49.3 Å². The highest BCUT2D eigenvalue weighted by Crippen LogP contribution is 2.21. The summed E-state index contributed by atoms with van der Waals surface area (Å²) in [4.78, 5) is 0. The van der Waals surface area contributed by atoms with E-state index >= 15 is 0 Å². The lowest BCUT2D eigenvalue weighted by molar-refractivity contribution is 0.286. The first-order valence-corrected chi connectivity index (χ1v) is 7.82. The van der Waals surface area contributed by atoms with Gasteiger partial charge >= 0.3 is 0 Å². The SMILES string of the molecule is Cc1ccc(C)c(OCc2c(CN)nnn2CCC(C)C)c1. The Bertz CT molecular complexity index is 619. The molecule has 0 fully saturated rings. The Hall–Kier alpha value is -1.88. The van der Waals surface area contributed by atoms with E-state index in [9.17, 15) is 0 Å². The number of aromatic nitrogens is 3. The topological polar surface area (TPSA) is 66.0 Å². The standard InChI is InChI=1S/C17H26N4O/c1-12(2)7-8-21-16(15(10-18)19-20-21)11-22-17-9-13(3)5-6-14(17)4/h5-6,9,12H,7-8,10-11,18H2,1-4H3. The molecule has 0 aliphatic heterocycles. The van der Waals surface area contributed by atoms with Gasteiger partial charge in [0.05, 0.1) is 0 Å². The van der Waals surface area contributed by atoms with E-state index in [0.29, 0.717) is 19.1 Å². The van der Waals surface area contributed by atoms with Gasteiger partial charge in [0.2, 0.25) is 0 Å². The molecule has 0 amide bonds. The van der Waals surface area contributed by atoms with Gasteiger partial charge in [-0.1, -0.05) is 31.2 Å². The molecule has 5 nitrogen and oxygen atoms in total. The average Bonchev–Trinajstić information content (AvgIpc) is 2.88. The fraction of sp³-hybridized carbons (Fsp3) is 0.529. The van der Waals surface area contributed by atoms with E-state index < -0.39 is 0 Å². The van der Waals surface area contributed by atoms with Crippen LogP contribution in [0, 0.1) is 19.8 Å². The maximum Gasteiger partial charge on any atom is 0.132 e. The molecule has 22 heavy (non-hydrogen) atoms. The first-order chi connectivity index (χ1) is 10.5. The monoisotopic (exact) mass is 302 g/mol. The lowest BCUT2D eigenvalue weighted by atomic mass is 10.1. The zero-order valence-electron chi connectivity index (χ0n) is 14.0. The van der Waals surface area contributed by atoms with Gasteiger partial charge in [-0.3, -0.25) is 0 Å². The van der Waals surface area contributed by atoms with Crippen LogP contribution in [0.4, 0.5) is 0 Å². The van der Waals surface area contributed by atoms with E-state index in [-0.39, 0.29) is 0 Å². The number of hydrogen-bond donors (Lipinski definition) is 1. The highest BCUT2D eigenvalue weighted by Gasteiger charge is 2.13. The van der Waals surface area contributed by atoms with Crippen LogP contribution in [0.2, 0.25) is 0 Å². The second-order valence-corrected chi connectivity index (χ2v) is 6.15. The van der Waals surface area contributed by atoms with Crippen LogP contribution >= 0.6 is 0 Å². The first-order valence-electron chi connectivity index (χ1n) is 7.82. The molecule has 0 bridgehead atoms. The van der Waals surface area contributed by atoms with Gasteiger partial charge in [-0.25, -0.2) is 4.68 Å². The summed E-state index contributed by atoms with van der Waals surface area (Å²) >= 11 is 0. The van der Waals surface area contributed by atoms with E-state index in [1.807, 2.05) is 11.6 Å². The van der Waals surface area contributed by atoms with Crippen LogP contribution in [-0.2, 0) is 19.7 Å². The molecule has 0 radical (unpaired) electrons. The summed E-state index contributed by atoms with van der Waals surface area (Å²) < 4.78 is 7.92. The molecule has 120 valence electrons. The van der Waals surface area contributed by atoms with Crippen molar-refractivity contribution in [3.05, 3.63) is 40.7 Å². The maximum atomic E-state index is 6.00. The summed E-state index contributed by atoms with van der Waals surface area (Å²) in [6, 6.07) is 6.21. The summed E-state index contributed by atoms with van der Waals surface area (Å²) in [7, 11) is 0. The summed E-state index contributed by atoms with van der Waals surface area (Å²) in [6.45, 7) is 10.2. The van der Waals surface area contributed by atoms with Gasteiger partial charge < -0.3 is 10.5 Å².